The van der Waals surface area contributed by atoms with Crippen LogP contribution in [0, 0.1) is 0 Å². The largest absolute Gasteiger partial charge is 0.497 e. The highest BCUT2D eigenvalue weighted by Gasteiger charge is 2.24. The van der Waals surface area contributed by atoms with Gasteiger partial charge >= 0.3 is 0 Å². The van der Waals surface area contributed by atoms with Crippen molar-refractivity contribution < 1.29 is 9.53 Å². The Morgan fingerprint density at radius 3 is 2.74 bits per heavy atom. The molecule has 140 valence electrons. The minimum atomic E-state index is -0.347. The number of hydrogen-bond donors (Lipinski definition) is 0. The fourth-order valence-electron chi connectivity index (χ4n) is 3.41. The van der Waals surface area contributed by atoms with Crippen LogP contribution in [0.25, 0.3) is 10.2 Å². The molecular formula is C20H20N2O3S2. The monoisotopic (exact) mass is 400 g/mol. The Balaban J connectivity index is 1.63. The van der Waals surface area contributed by atoms with Crippen molar-refractivity contribution in [2.45, 2.75) is 36.6 Å². The lowest BCUT2D eigenvalue weighted by Gasteiger charge is -2.13. The van der Waals surface area contributed by atoms with E-state index in [1.54, 1.807) is 54.3 Å². The minimum Gasteiger partial charge on any atom is -0.497 e. The van der Waals surface area contributed by atoms with Gasteiger partial charge in [-0.05, 0) is 56.0 Å². The van der Waals surface area contributed by atoms with Gasteiger partial charge in [-0.3, -0.25) is 14.2 Å². The number of thioether (sulfide) groups is 1. The molecule has 0 spiro atoms. The van der Waals surface area contributed by atoms with Crippen molar-refractivity contribution >= 4 is 39.1 Å². The lowest BCUT2D eigenvalue weighted by molar-refractivity contribution is 0.0994. The van der Waals surface area contributed by atoms with Crippen LogP contribution in [0.1, 0.15) is 34.1 Å². The zero-order chi connectivity index (χ0) is 19.1. The lowest BCUT2D eigenvalue weighted by atomic mass is 10.1. The number of nitrogens with zero attached hydrogens (tertiary/aromatic N) is 2. The summed E-state index contributed by atoms with van der Waals surface area (Å²) in [5.74, 6) is 0.720. The van der Waals surface area contributed by atoms with Gasteiger partial charge in [-0.15, -0.1) is 11.3 Å². The Hall–Kier alpha value is -2.12. The number of ketones is 1. The molecule has 7 heteroatoms. The van der Waals surface area contributed by atoms with Crippen LogP contribution in [-0.2, 0) is 19.9 Å². The third-order valence-electron chi connectivity index (χ3n) is 4.93. The van der Waals surface area contributed by atoms with Gasteiger partial charge in [0.05, 0.1) is 17.7 Å². The first-order valence-electron chi connectivity index (χ1n) is 8.85. The molecule has 1 atom stereocenters. The smallest absolute Gasteiger partial charge is 0.262 e. The molecule has 0 saturated carbocycles. The van der Waals surface area contributed by atoms with E-state index in [0.717, 1.165) is 29.5 Å². The summed E-state index contributed by atoms with van der Waals surface area (Å²) >= 11 is 2.95. The number of thiophene rings is 1. The van der Waals surface area contributed by atoms with Crippen molar-refractivity contribution in [2.24, 2.45) is 7.05 Å². The average molecular weight is 401 g/mol. The van der Waals surface area contributed by atoms with Gasteiger partial charge in [0.15, 0.2) is 10.9 Å². The summed E-state index contributed by atoms with van der Waals surface area (Å²) in [5, 5.41) is 1.01. The third kappa shape index (κ3) is 3.19. The molecule has 2 heterocycles. The molecule has 0 fully saturated rings. The van der Waals surface area contributed by atoms with Gasteiger partial charge in [0.25, 0.3) is 5.56 Å². The van der Waals surface area contributed by atoms with Gasteiger partial charge in [0, 0.05) is 17.5 Å². The molecule has 4 rings (SSSR count). The van der Waals surface area contributed by atoms with E-state index in [9.17, 15) is 9.59 Å². The number of carbonyl (C=O) groups is 1. The summed E-state index contributed by atoms with van der Waals surface area (Å²) in [6.45, 7) is 1.85. The van der Waals surface area contributed by atoms with E-state index in [1.807, 2.05) is 6.92 Å². The first kappa shape index (κ1) is 18.3. The van der Waals surface area contributed by atoms with Crippen molar-refractivity contribution in [2.75, 3.05) is 7.11 Å². The SMILES string of the molecule is COc1ccc(C(=O)[C@@H](C)Sc2nc3sc4c(c3c(=O)n2C)CCC4)cc1. The van der Waals surface area contributed by atoms with E-state index in [4.69, 9.17) is 9.72 Å². The van der Waals surface area contributed by atoms with Gasteiger partial charge in [-0.25, -0.2) is 4.98 Å². The Kier molecular flexibility index (Phi) is 4.82. The zero-order valence-corrected chi connectivity index (χ0v) is 17.1. The topological polar surface area (TPSA) is 61.2 Å². The van der Waals surface area contributed by atoms with Gasteiger partial charge in [0.2, 0.25) is 0 Å². The average Bonchev–Trinajstić information content (AvgIpc) is 3.26. The molecule has 0 saturated heterocycles. The fourth-order valence-corrected chi connectivity index (χ4v) is 5.67. The number of Topliss-reactive ketones (excluding diaryl/α,β-unsaturated/α-hetero) is 1. The molecule has 0 radical (unpaired) electrons. The Morgan fingerprint density at radius 2 is 2.04 bits per heavy atom. The number of methoxy groups -OCH3 is 1. The van der Waals surface area contributed by atoms with Crippen LogP contribution in [0.5, 0.6) is 5.75 Å². The highest BCUT2D eigenvalue weighted by molar-refractivity contribution is 8.00. The minimum absolute atomic E-state index is 0.00525. The maximum Gasteiger partial charge on any atom is 0.262 e. The predicted octanol–water partition coefficient (Wildman–Crippen LogP) is 3.86. The zero-order valence-electron chi connectivity index (χ0n) is 15.4. The van der Waals surface area contributed by atoms with Crippen molar-refractivity contribution in [1.29, 1.82) is 0 Å². The van der Waals surface area contributed by atoms with E-state index in [0.29, 0.717) is 16.5 Å². The summed E-state index contributed by atoms with van der Waals surface area (Å²) in [6.07, 6.45) is 3.11. The van der Waals surface area contributed by atoms with Crippen LogP contribution >= 0.6 is 23.1 Å². The van der Waals surface area contributed by atoms with Crippen LogP contribution < -0.4 is 10.3 Å². The molecule has 0 amide bonds. The highest BCUT2D eigenvalue weighted by atomic mass is 32.2. The number of carbonyl (C=O) groups excluding carboxylic acids is 1. The maximum atomic E-state index is 12.9. The number of fused-ring (bicyclic) bond motifs is 3. The summed E-state index contributed by atoms with van der Waals surface area (Å²) in [6, 6.07) is 7.07. The molecule has 0 unspecified atom stereocenters. The van der Waals surface area contributed by atoms with E-state index >= 15 is 0 Å². The molecule has 2 aromatic heterocycles. The van der Waals surface area contributed by atoms with Crippen molar-refractivity contribution in [3.63, 3.8) is 0 Å². The quantitative estimate of drug-likeness (QED) is 0.370. The van der Waals surface area contributed by atoms with E-state index in [1.165, 1.54) is 22.2 Å². The predicted molar refractivity (Wildman–Crippen MR) is 110 cm³/mol. The first-order valence-corrected chi connectivity index (χ1v) is 10.6. The van der Waals surface area contributed by atoms with Gasteiger partial charge in [-0.1, -0.05) is 11.8 Å². The molecule has 1 aliphatic carbocycles. The normalized spacial score (nSPS) is 14.3. The summed E-state index contributed by atoms with van der Waals surface area (Å²) in [5.41, 5.74) is 1.80. The van der Waals surface area contributed by atoms with Gasteiger partial charge in [0.1, 0.15) is 10.6 Å². The summed E-state index contributed by atoms with van der Waals surface area (Å²) in [7, 11) is 3.33. The molecule has 1 aromatic carbocycles. The van der Waals surface area contributed by atoms with Crippen molar-refractivity contribution in [3.8, 4) is 5.75 Å². The molecule has 5 nitrogen and oxygen atoms in total. The first-order chi connectivity index (χ1) is 13.0. The Morgan fingerprint density at radius 1 is 1.30 bits per heavy atom. The van der Waals surface area contributed by atoms with Crippen molar-refractivity contribution in [1.82, 2.24) is 9.55 Å². The molecule has 27 heavy (non-hydrogen) atoms. The second-order valence-corrected chi connectivity index (χ2v) is 9.04. The highest BCUT2D eigenvalue weighted by Crippen LogP contribution is 2.36. The maximum absolute atomic E-state index is 12.9. The summed E-state index contributed by atoms with van der Waals surface area (Å²) < 4.78 is 6.72. The van der Waals surface area contributed by atoms with Crippen molar-refractivity contribution in [3.05, 3.63) is 50.6 Å². The molecule has 0 bridgehead atoms. The molecular weight excluding hydrogens is 380 g/mol. The number of hydrogen-bond acceptors (Lipinski definition) is 6. The van der Waals surface area contributed by atoms with E-state index in [-0.39, 0.29) is 16.6 Å². The lowest BCUT2D eigenvalue weighted by Crippen LogP contribution is -2.22. The number of aromatic nitrogens is 2. The second-order valence-electron chi connectivity index (χ2n) is 6.65. The number of ether oxygens (including phenoxy) is 1. The molecule has 0 aliphatic heterocycles. The van der Waals surface area contributed by atoms with Crippen LogP contribution in [0.15, 0.2) is 34.2 Å². The van der Waals surface area contributed by atoms with Crippen LogP contribution in [-0.4, -0.2) is 27.7 Å². The number of aryl methyl sites for hydroxylation is 2. The van der Waals surface area contributed by atoms with Gasteiger partial charge in [-0.2, -0.15) is 0 Å². The fraction of sp³-hybridized carbons (Fsp3) is 0.350. The molecule has 3 aromatic rings. The van der Waals surface area contributed by atoms with E-state index in [2.05, 4.69) is 0 Å². The molecule has 1 aliphatic rings. The number of rotatable bonds is 5. The van der Waals surface area contributed by atoms with Crippen LogP contribution in [0.3, 0.4) is 0 Å². The summed E-state index contributed by atoms with van der Waals surface area (Å²) in [4.78, 5) is 32.4. The van der Waals surface area contributed by atoms with Gasteiger partial charge < -0.3 is 4.74 Å². The van der Waals surface area contributed by atoms with Crippen LogP contribution in [0.2, 0.25) is 0 Å². The Labute approximate surface area is 165 Å². The third-order valence-corrected chi connectivity index (χ3v) is 7.26. The second kappa shape index (κ2) is 7.13. The number of benzene rings is 1. The van der Waals surface area contributed by atoms with Crippen LogP contribution in [0.4, 0.5) is 0 Å². The Bertz CT molecular complexity index is 1080. The van der Waals surface area contributed by atoms with E-state index < -0.39 is 0 Å². The molecule has 0 N–H and O–H groups in total. The standard InChI is InChI=1S/C20H20N2O3S2/c1-11(17(23)12-7-9-13(25-3)10-8-12)26-20-21-18-16(19(24)22(20)2)14-5-4-6-15(14)27-18/h7-11H,4-6H2,1-3H3/t11-/m1/s1.